The summed E-state index contributed by atoms with van der Waals surface area (Å²) in [6, 6.07) is 8.25. The highest BCUT2D eigenvalue weighted by Gasteiger charge is 2.72. The molecule has 0 fully saturated rings. The lowest BCUT2D eigenvalue weighted by Crippen LogP contribution is -2.52. The summed E-state index contributed by atoms with van der Waals surface area (Å²) in [6.45, 7) is 2.47. The second kappa shape index (κ2) is 8.67. The molecule has 4 nitrogen and oxygen atoms in total. The smallest absolute Gasteiger partial charge is 0.324 e. The number of amides is 1. The summed E-state index contributed by atoms with van der Waals surface area (Å²) in [4.78, 5) is 13.7. The van der Waals surface area contributed by atoms with Crippen LogP contribution in [0.15, 0.2) is 47.4 Å². The van der Waals surface area contributed by atoms with Crippen LogP contribution in [0, 0.1) is 11.3 Å². The molecule has 1 heterocycles. The van der Waals surface area contributed by atoms with E-state index in [1.165, 1.54) is 0 Å². The van der Waals surface area contributed by atoms with Crippen molar-refractivity contribution in [1.29, 1.82) is 5.26 Å². The number of nitrogens with one attached hydrogen (secondary N) is 2. The maximum atomic E-state index is 13.3. The monoisotopic (exact) mass is 473 g/mol. The molecule has 0 saturated carbocycles. The van der Waals surface area contributed by atoms with Gasteiger partial charge in [0.1, 0.15) is 6.04 Å². The highest BCUT2D eigenvalue weighted by Crippen LogP contribution is 2.51. The van der Waals surface area contributed by atoms with Crippen LogP contribution in [0.2, 0.25) is 0 Å². The summed E-state index contributed by atoms with van der Waals surface area (Å²) in [5, 5.41) is 14.4. The normalized spacial score (nSPS) is 16.4. The number of thioether (sulfide) groups is 1. The lowest BCUT2D eigenvalue weighted by atomic mass is 9.80. The molecule has 0 saturated heterocycles. The van der Waals surface area contributed by atoms with E-state index in [0.717, 1.165) is 33.9 Å². The Morgan fingerprint density at radius 1 is 1.12 bits per heavy atom. The van der Waals surface area contributed by atoms with E-state index >= 15 is 0 Å². The predicted molar refractivity (Wildman–Crippen MR) is 107 cm³/mol. The summed E-state index contributed by atoms with van der Waals surface area (Å²) in [5.41, 5.74) is -4.25. The standard InChI is InChI=1S/C21H17F6N3OS/c1-2-32-15-7-8-16-12(9-15)10-29-17(16)18(31)30-14-5-3-13(4-6-14)19(11-28,20(22,23)24)21(25,26)27/h3-9,17,29H,2,10H2,1H3,(H,30,31). The van der Waals surface area contributed by atoms with E-state index < -0.39 is 35.3 Å². The van der Waals surface area contributed by atoms with Gasteiger partial charge < -0.3 is 5.32 Å². The van der Waals surface area contributed by atoms with Gasteiger partial charge >= 0.3 is 12.4 Å². The second-order valence-electron chi connectivity index (χ2n) is 7.03. The van der Waals surface area contributed by atoms with Crippen LogP contribution in [-0.2, 0) is 16.8 Å². The van der Waals surface area contributed by atoms with E-state index in [4.69, 9.17) is 5.26 Å². The Kier molecular flexibility index (Phi) is 6.49. The minimum Gasteiger partial charge on any atom is -0.324 e. The SMILES string of the molecule is CCSc1ccc2c(c1)CNC2C(=O)Nc1ccc(C(C#N)(C(F)(F)F)C(F)(F)F)cc1. The Bertz CT molecular complexity index is 1030. The molecule has 0 aliphatic carbocycles. The minimum atomic E-state index is -5.88. The molecule has 0 aromatic heterocycles. The maximum Gasteiger partial charge on any atom is 0.420 e. The van der Waals surface area contributed by atoms with Crippen LogP contribution >= 0.6 is 11.8 Å². The van der Waals surface area contributed by atoms with E-state index in [2.05, 4.69) is 10.6 Å². The summed E-state index contributed by atoms with van der Waals surface area (Å²) in [7, 11) is 0. The zero-order valence-corrected chi connectivity index (χ0v) is 17.4. The van der Waals surface area contributed by atoms with Gasteiger partial charge in [0.15, 0.2) is 0 Å². The number of nitriles is 1. The van der Waals surface area contributed by atoms with Gasteiger partial charge in [-0.15, -0.1) is 11.8 Å². The van der Waals surface area contributed by atoms with Gasteiger partial charge in [0.05, 0.1) is 6.07 Å². The summed E-state index contributed by atoms with van der Waals surface area (Å²) in [6.07, 6.45) is -11.8. The molecule has 170 valence electrons. The lowest BCUT2D eigenvalue weighted by Gasteiger charge is -2.31. The summed E-state index contributed by atoms with van der Waals surface area (Å²) in [5.74, 6) is 0.382. The molecule has 2 aromatic rings. The van der Waals surface area contributed by atoms with Crippen molar-refractivity contribution in [1.82, 2.24) is 5.32 Å². The van der Waals surface area contributed by atoms with Crippen molar-refractivity contribution in [3.05, 3.63) is 59.2 Å². The summed E-state index contributed by atoms with van der Waals surface area (Å²) >= 11 is 1.65. The third kappa shape index (κ3) is 4.17. The molecule has 32 heavy (non-hydrogen) atoms. The Morgan fingerprint density at radius 3 is 2.28 bits per heavy atom. The van der Waals surface area contributed by atoms with Gasteiger partial charge in [-0.2, -0.15) is 31.6 Å². The number of carbonyl (C=O) groups excluding carboxylic acids is 1. The lowest BCUT2D eigenvalue weighted by molar-refractivity contribution is -0.283. The fraction of sp³-hybridized carbons (Fsp3) is 0.333. The fourth-order valence-corrected chi connectivity index (χ4v) is 4.25. The van der Waals surface area contributed by atoms with E-state index in [1.54, 1.807) is 11.8 Å². The third-order valence-corrected chi connectivity index (χ3v) is 5.97. The number of benzene rings is 2. The molecular weight excluding hydrogens is 456 g/mol. The summed E-state index contributed by atoms with van der Waals surface area (Å²) < 4.78 is 79.6. The van der Waals surface area contributed by atoms with E-state index in [9.17, 15) is 31.1 Å². The average molecular weight is 473 g/mol. The van der Waals surface area contributed by atoms with Crippen molar-refractivity contribution >= 4 is 23.4 Å². The fourth-order valence-electron chi connectivity index (χ4n) is 3.53. The van der Waals surface area contributed by atoms with Gasteiger partial charge in [0, 0.05) is 17.1 Å². The van der Waals surface area contributed by atoms with Crippen LogP contribution in [0.1, 0.15) is 29.7 Å². The highest BCUT2D eigenvalue weighted by molar-refractivity contribution is 7.99. The number of nitrogens with zero attached hydrogens (tertiary/aromatic N) is 1. The number of anilines is 1. The number of carbonyl (C=O) groups is 1. The van der Waals surface area contributed by atoms with Crippen LogP contribution in [0.4, 0.5) is 32.0 Å². The molecule has 1 unspecified atom stereocenters. The molecule has 0 radical (unpaired) electrons. The minimum absolute atomic E-state index is 0.00310. The number of halogens is 6. The van der Waals surface area contributed by atoms with Crippen LogP contribution in [0.25, 0.3) is 0 Å². The molecule has 1 aliphatic heterocycles. The third-order valence-electron chi connectivity index (χ3n) is 5.10. The van der Waals surface area contributed by atoms with E-state index in [1.807, 2.05) is 25.1 Å². The van der Waals surface area contributed by atoms with Gasteiger partial charge in [-0.1, -0.05) is 25.1 Å². The van der Waals surface area contributed by atoms with Crippen molar-refractivity contribution in [2.24, 2.45) is 0 Å². The zero-order chi connectivity index (χ0) is 23.7. The molecule has 11 heteroatoms. The molecule has 3 rings (SSSR count). The van der Waals surface area contributed by atoms with Gasteiger partial charge in [-0.05, 0) is 46.7 Å². The second-order valence-corrected chi connectivity index (χ2v) is 8.37. The van der Waals surface area contributed by atoms with Gasteiger partial charge in [0.2, 0.25) is 5.91 Å². The number of hydrogen-bond donors (Lipinski definition) is 2. The predicted octanol–water partition coefficient (Wildman–Crippen LogP) is 5.47. The van der Waals surface area contributed by atoms with Gasteiger partial charge in [-0.3, -0.25) is 10.1 Å². The first-order chi connectivity index (χ1) is 14.9. The van der Waals surface area contributed by atoms with Gasteiger partial charge in [-0.25, -0.2) is 0 Å². The topological polar surface area (TPSA) is 64.9 Å². The van der Waals surface area contributed by atoms with Gasteiger partial charge in [0.25, 0.3) is 5.41 Å². The quantitative estimate of drug-likeness (QED) is 0.447. The van der Waals surface area contributed by atoms with Crippen molar-refractivity contribution in [2.45, 2.75) is 42.2 Å². The van der Waals surface area contributed by atoms with Crippen molar-refractivity contribution in [2.75, 3.05) is 11.1 Å². The Hall–Kier alpha value is -2.71. The number of fused-ring (bicyclic) bond motifs is 1. The molecule has 1 atom stereocenters. The molecule has 1 amide bonds. The molecular formula is C21H17F6N3OS. The zero-order valence-electron chi connectivity index (χ0n) is 16.6. The largest absolute Gasteiger partial charge is 0.420 e. The van der Waals surface area contributed by atoms with E-state index in [0.29, 0.717) is 24.7 Å². The molecule has 1 aliphatic rings. The molecule has 2 aromatic carbocycles. The average Bonchev–Trinajstić information content (AvgIpc) is 3.11. The van der Waals surface area contributed by atoms with Crippen LogP contribution < -0.4 is 10.6 Å². The first-order valence-electron chi connectivity index (χ1n) is 9.39. The Labute approximate surface area is 184 Å². The van der Waals surface area contributed by atoms with Crippen LogP contribution in [0.3, 0.4) is 0 Å². The molecule has 0 bridgehead atoms. The molecule has 0 spiro atoms. The number of rotatable bonds is 5. The number of hydrogen-bond acceptors (Lipinski definition) is 4. The first-order valence-corrected chi connectivity index (χ1v) is 10.4. The van der Waals surface area contributed by atoms with Crippen molar-refractivity contribution in [3.8, 4) is 6.07 Å². The number of alkyl halides is 6. The first kappa shape index (κ1) is 23.9. The van der Waals surface area contributed by atoms with Crippen molar-refractivity contribution < 1.29 is 31.1 Å². The van der Waals surface area contributed by atoms with Crippen LogP contribution in [-0.4, -0.2) is 24.0 Å². The van der Waals surface area contributed by atoms with E-state index in [-0.39, 0.29) is 5.69 Å². The highest BCUT2D eigenvalue weighted by atomic mass is 32.2. The maximum absolute atomic E-state index is 13.3. The Morgan fingerprint density at radius 2 is 1.75 bits per heavy atom. The Balaban J connectivity index is 1.81. The molecule has 2 N–H and O–H groups in total. The van der Waals surface area contributed by atoms with Crippen molar-refractivity contribution in [3.63, 3.8) is 0 Å². The van der Waals surface area contributed by atoms with Crippen LogP contribution in [0.5, 0.6) is 0 Å².